The van der Waals surface area contributed by atoms with E-state index in [9.17, 15) is 14.7 Å². The van der Waals surface area contributed by atoms with Crippen molar-refractivity contribution in [3.63, 3.8) is 0 Å². The first-order chi connectivity index (χ1) is 14.5. The molecule has 7 atom stereocenters. The van der Waals surface area contributed by atoms with Gasteiger partial charge in [-0.2, -0.15) is 0 Å². The molecule has 0 heterocycles. The number of carbonyl (C=O) groups is 2. The van der Waals surface area contributed by atoms with E-state index in [-0.39, 0.29) is 22.5 Å². The molecule has 0 aromatic heterocycles. The number of Topliss-reactive ketones (excluding diaryl/α,β-unsaturated/α-hetero) is 1. The van der Waals surface area contributed by atoms with Crippen molar-refractivity contribution in [1.82, 2.24) is 0 Å². The zero-order valence-electron chi connectivity index (χ0n) is 20.9. The van der Waals surface area contributed by atoms with Gasteiger partial charge >= 0.3 is 0 Å². The van der Waals surface area contributed by atoms with E-state index in [2.05, 4.69) is 27.7 Å². The molecule has 31 heavy (non-hydrogen) atoms. The van der Waals surface area contributed by atoms with Crippen LogP contribution in [0.1, 0.15) is 106 Å². The summed E-state index contributed by atoms with van der Waals surface area (Å²) in [5.74, 6) is 3.00. The largest absolute Gasteiger partial charge is 0.389 e. The summed E-state index contributed by atoms with van der Waals surface area (Å²) in [6.07, 6.45) is 11.2. The van der Waals surface area contributed by atoms with Gasteiger partial charge in [-0.3, -0.25) is 9.59 Å². The van der Waals surface area contributed by atoms with Crippen LogP contribution in [-0.4, -0.2) is 22.8 Å². The second-order valence-corrected chi connectivity index (χ2v) is 12.1. The van der Waals surface area contributed by atoms with E-state index in [1.165, 1.54) is 19.3 Å². The first kappa shape index (κ1) is 24.7. The summed E-state index contributed by atoms with van der Waals surface area (Å²) in [4.78, 5) is 24.4. The molecule has 7 unspecified atom stereocenters. The van der Waals surface area contributed by atoms with Gasteiger partial charge in [-0.05, 0) is 91.1 Å². The maximum atomic E-state index is 12.2. The molecule has 0 aromatic carbocycles. The van der Waals surface area contributed by atoms with E-state index in [1.54, 1.807) is 6.08 Å². The maximum Gasteiger partial charge on any atom is 0.155 e. The number of hydrogen-bond donors (Lipinski definition) is 1. The number of fused-ring (bicyclic) bond motifs is 2. The number of aliphatic hydroxyl groups is 1. The van der Waals surface area contributed by atoms with Gasteiger partial charge in [-0.15, -0.1) is 0 Å². The molecule has 2 saturated carbocycles. The first-order valence-electron chi connectivity index (χ1n) is 12.9. The lowest BCUT2D eigenvalue weighted by Crippen LogP contribution is -2.40. The Balaban J connectivity index is 1.80. The summed E-state index contributed by atoms with van der Waals surface area (Å²) in [6.45, 7) is 13.5. The summed E-state index contributed by atoms with van der Waals surface area (Å²) in [7, 11) is 0. The van der Waals surface area contributed by atoms with Crippen molar-refractivity contribution >= 4 is 11.6 Å². The predicted molar refractivity (Wildman–Crippen MR) is 127 cm³/mol. The van der Waals surface area contributed by atoms with E-state index in [4.69, 9.17) is 0 Å². The van der Waals surface area contributed by atoms with Crippen LogP contribution in [0.15, 0.2) is 11.6 Å². The van der Waals surface area contributed by atoms with Crippen molar-refractivity contribution < 1.29 is 14.7 Å². The van der Waals surface area contributed by atoms with E-state index in [0.29, 0.717) is 42.3 Å². The highest BCUT2D eigenvalue weighted by Gasteiger charge is 2.51. The van der Waals surface area contributed by atoms with Crippen LogP contribution in [0.4, 0.5) is 0 Å². The van der Waals surface area contributed by atoms with Crippen molar-refractivity contribution in [1.29, 1.82) is 0 Å². The summed E-state index contributed by atoms with van der Waals surface area (Å²) in [5.41, 5.74) is 1.25. The fraction of sp³-hybridized carbons (Fsp3) is 0.857. The standard InChI is InChI=1S/C28H46O3/c1-18(2)25(30)11-8-19(3)22-9-10-23-20(4)16-26(31)24-17-21(29)12-15-27(24,5)13-7-14-28(22,23)6/h17-20,22-23,26,31H,7-16H2,1-6H3. The third kappa shape index (κ3) is 5.02. The molecule has 0 radical (unpaired) electrons. The maximum absolute atomic E-state index is 12.2. The monoisotopic (exact) mass is 430 g/mol. The minimum Gasteiger partial charge on any atom is -0.389 e. The zero-order chi connectivity index (χ0) is 23.0. The Labute approximate surface area is 190 Å². The van der Waals surface area contributed by atoms with Gasteiger partial charge in [0.1, 0.15) is 5.78 Å². The van der Waals surface area contributed by atoms with E-state index in [0.717, 1.165) is 37.7 Å². The Hall–Kier alpha value is -0.960. The molecule has 0 saturated heterocycles. The van der Waals surface area contributed by atoms with Gasteiger partial charge in [-0.25, -0.2) is 0 Å². The zero-order valence-corrected chi connectivity index (χ0v) is 20.9. The first-order valence-corrected chi connectivity index (χ1v) is 12.9. The van der Waals surface area contributed by atoms with Crippen molar-refractivity contribution in [3.8, 4) is 0 Å². The number of hydrogen-bond acceptors (Lipinski definition) is 3. The highest BCUT2D eigenvalue weighted by Crippen LogP contribution is 2.59. The van der Waals surface area contributed by atoms with Crippen molar-refractivity contribution in [2.45, 2.75) is 112 Å². The lowest BCUT2D eigenvalue weighted by atomic mass is 9.59. The Morgan fingerprint density at radius 3 is 2.55 bits per heavy atom. The normalized spacial score (nSPS) is 40.1. The van der Waals surface area contributed by atoms with Crippen LogP contribution < -0.4 is 0 Å². The van der Waals surface area contributed by atoms with Crippen LogP contribution in [0.2, 0.25) is 0 Å². The van der Waals surface area contributed by atoms with Gasteiger partial charge in [0.15, 0.2) is 5.78 Å². The van der Waals surface area contributed by atoms with Crippen molar-refractivity contribution in [2.75, 3.05) is 0 Å². The summed E-state index contributed by atoms with van der Waals surface area (Å²) < 4.78 is 0. The predicted octanol–water partition coefficient (Wildman–Crippen LogP) is 6.53. The molecular weight excluding hydrogens is 384 g/mol. The molecule has 0 aliphatic heterocycles. The molecule has 0 bridgehead atoms. The molecule has 3 aliphatic rings. The van der Waals surface area contributed by atoms with E-state index in [1.807, 2.05) is 13.8 Å². The minimum atomic E-state index is -0.494. The van der Waals surface area contributed by atoms with Crippen LogP contribution in [0.5, 0.6) is 0 Å². The average molecular weight is 431 g/mol. The van der Waals surface area contributed by atoms with Crippen LogP contribution >= 0.6 is 0 Å². The minimum absolute atomic E-state index is 0.0420. The lowest BCUT2D eigenvalue weighted by Gasteiger charge is -2.46. The number of carbonyl (C=O) groups excluding carboxylic acids is 2. The Morgan fingerprint density at radius 1 is 1.16 bits per heavy atom. The topological polar surface area (TPSA) is 54.4 Å². The molecule has 3 aliphatic carbocycles. The Bertz CT molecular complexity index is 707. The van der Waals surface area contributed by atoms with Crippen LogP contribution in [0.25, 0.3) is 0 Å². The molecule has 0 amide bonds. The summed E-state index contributed by atoms with van der Waals surface area (Å²) in [5, 5.41) is 11.2. The number of rotatable bonds is 5. The molecule has 3 heteroatoms. The molecule has 1 N–H and O–H groups in total. The molecule has 176 valence electrons. The second kappa shape index (κ2) is 9.49. The molecular formula is C28H46O3. The third-order valence-corrected chi connectivity index (χ3v) is 9.68. The SMILES string of the molecule is CC(C)C(=O)CCC(C)C1CCC2C(C)CC(O)C3=CC(=O)CCC3(C)CCCC12C. The number of allylic oxidation sites excluding steroid dienone is 1. The lowest BCUT2D eigenvalue weighted by molar-refractivity contribution is -0.122. The number of ketones is 2. The fourth-order valence-electron chi connectivity index (χ4n) is 7.63. The second-order valence-electron chi connectivity index (χ2n) is 12.1. The van der Waals surface area contributed by atoms with Gasteiger partial charge < -0.3 is 5.11 Å². The molecule has 3 rings (SSSR count). The average Bonchev–Trinajstić information content (AvgIpc) is 3.04. The fourth-order valence-corrected chi connectivity index (χ4v) is 7.63. The van der Waals surface area contributed by atoms with Crippen LogP contribution in [0, 0.1) is 40.4 Å². The van der Waals surface area contributed by atoms with E-state index < -0.39 is 6.10 Å². The highest BCUT2D eigenvalue weighted by atomic mass is 16.3. The van der Waals surface area contributed by atoms with Gasteiger partial charge in [-0.1, -0.05) is 48.0 Å². The third-order valence-electron chi connectivity index (χ3n) is 9.68. The van der Waals surface area contributed by atoms with Gasteiger partial charge in [0.05, 0.1) is 6.10 Å². The summed E-state index contributed by atoms with van der Waals surface area (Å²) in [6, 6.07) is 0. The molecule has 3 nitrogen and oxygen atoms in total. The van der Waals surface area contributed by atoms with Crippen LogP contribution in [0.3, 0.4) is 0 Å². The van der Waals surface area contributed by atoms with E-state index >= 15 is 0 Å². The smallest absolute Gasteiger partial charge is 0.155 e. The molecule has 0 aromatic rings. The van der Waals surface area contributed by atoms with Gasteiger partial charge in [0, 0.05) is 18.8 Å². The van der Waals surface area contributed by atoms with Gasteiger partial charge in [0.25, 0.3) is 0 Å². The van der Waals surface area contributed by atoms with Gasteiger partial charge in [0.2, 0.25) is 0 Å². The van der Waals surface area contributed by atoms with Crippen LogP contribution in [-0.2, 0) is 9.59 Å². The number of aliphatic hydroxyl groups excluding tert-OH is 1. The quantitative estimate of drug-likeness (QED) is 0.539. The highest BCUT2D eigenvalue weighted by molar-refractivity contribution is 5.91. The molecule has 2 fully saturated rings. The van der Waals surface area contributed by atoms with Crippen molar-refractivity contribution in [2.24, 2.45) is 40.4 Å². The summed E-state index contributed by atoms with van der Waals surface area (Å²) >= 11 is 0. The molecule has 0 spiro atoms. The van der Waals surface area contributed by atoms with Crippen molar-refractivity contribution in [3.05, 3.63) is 11.6 Å². The Morgan fingerprint density at radius 2 is 1.87 bits per heavy atom. The Kier molecular flexibility index (Phi) is 7.56.